The van der Waals surface area contributed by atoms with Crippen LogP contribution in [-0.4, -0.2) is 16.9 Å². The summed E-state index contributed by atoms with van der Waals surface area (Å²) in [6.45, 7) is 0.790. The average Bonchev–Trinajstić information content (AvgIpc) is 2.79. The van der Waals surface area contributed by atoms with E-state index in [1.807, 2.05) is 24.4 Å². The molecular weight excluding hydrogens is 326 g/mol. The lowest BCUT2D eigenvalue weighted by Crippen LogP contribution is -2.30. The maximum atomic E-state index is 6.11. The zero-order chi connectivity index (χ0) is 14.5. The van der Waals surface area contributed by atoms with Crippen molar-refractivity contribution in [2.75, 3.05) is 11.9 Å². The van der Waals surface area contributed by atoms with Crippen molar-refractivity contribution in [1.82, 2.24) is 4.98 Å². The number of alkyl halides is 1. The molecule has 1 fully saturated rings. The minimum atomic E-state index is 0.294. The number of benzene rings is 1. The van der Waals surface area contributed by atoms with E-state index in [4.69, 9.17) is 4.74 Å². The summed E-state index contributed by atoms with van der Waals surface area (Å²) in [6, 6.07) is 10.3. The Morgan fingerprint density at radius 1 is 1.10 bits per heavy atom. The highest BCUT2D eigenvalue weighted by Crippen LogP contribution is 2.37. The van der Waals surface area contributed by atoms with Gasteiger partial charge in [0.1, 0.15) is 5.75 Å². The van der Waals surface area contributed by atoms with Crippen LogP contribution in [0.4, 0.5) is 0 Å². The third-order valence-electron chi connectivity index (χ3n) is 4.56. The van der Waals surface area contributed by atoms with Gasteiger partial charge in [0.2, 0.25) is 0 Å². The van der Waals surface area contributed by atoms with Gasteiger partial charge in [-0.15, -0.1) is 0 Å². The number of hydrogen-bond acceptors (Lipinski definition) is 2. The maximum Gasteiger partial charge on any atom is 0.138 e. The average molecular weight is 348 g/mol. The predicted molar refractivity (Wildman–Crippen MR) is 91.2 cm³/mol. The molecule has 0 aliphatic heterocycles. The highest BCUT2D eigenvalue weighted by molar-refractivity contribution is 9.09. The van der Waals surface area contributed by atoms with E-state index < -0.39 is 0 Å². The number of para-hydroxylation sites is 1. The molecular formula is C18H22BrNO. The van der Waals surface area contributed by atoms with Crippen molar-refractivity contribution in [1.29, 1.82) is 0 Å². The number of halogens is 1. The molecule has 0 N–H and O–H groups in total. The van der Waals surface area contributed by atoms with Crippen LogP contribution in [0.5, 0.6) is 5.75 Å². The normalized spacial score (nSPS) is 18.3. The van der Waals surface area contributed by atoms with Crippen LogP contribution in [-0.2, 0) is 0 Å². The van der Waals surface area contributed by atoms with Crippen molar-refractivity contribution in [3.8, 4) is 5.75 Å². The quantitative estimate of drug-likeness (QED) is 0.549. The largest absolute Gasteiger partial charge is 0.491 e. The zero-order valence-corrected chi connectivity index (χ0v) is 13.9. The van der Waals surface area contributed by atoms with Crippen LogP contribution in [0.15, 0.2) is 36.5 Å². The van der Waals surface area contributed by atoms with Gasteiger partial charge in [0.15, 0.2) is 0 Å². The molecule has 1 saturated carbocycles. The molecule has 112 valence electrons. The summed E-state index contributed by atoms with van der Waals surface area (Å²) < 4.78 is 6.11. The third kappa shape index (κ3) is 3.57. The minimum absolute atomic E-state index is 0.294. The molecule has 0 unspecified atom stereocenters. The van der Waals surface area contributed by atoms with Crippen molar-refractivity contribution in [2.45, 2.75) is 38.5 Å². The van der Waals surface area contributed by atoms with Crippen LogP contribution in [0.2, 0.25) is 0 Å². The first-order valence-electron chi connectivity index (χ1n) is 7.85. The second-order valence-electron chi connectivity index (χ2n) is 6.20. The molecule has 0 atom stereocenters. The Morgan fingerprint density at radius 2 is 1.86 bits per heavy atom. The van der Waals surface area contributed by atoms with E-state index in [-0.39, 0.29) is 0 Å². The number of fused-ring (bicyclic) bond motifs is 1. The van der Waals surface area contributed by atoms with E-state index in [9.17, 15) is 0 Å². The van der Waals surface area contributed by atoms with Gasteiger partial charge in [-0.25, -0.2) is 0 Å². The van der Waals surface area contributed by atoms with Gasteiger partial charge in [-0.3, -0.25) is 4.98 Å². The van der Waals surface area contributed by atoms with Crippen LogP contribution in [0.25, 0.3) is 10.9 Å². The molecule has 2 nitrogen and oxygen atoms in total. The third-order valence-corrected chi connectivity index (χ3v) is 5.75. The van der Waals surface area contributed by atoms with Crippen LogP contribution in [0.1, 0.15) is 38.5 Å². The highest BCUT2D eigenvalue weighted by atomic mass is 79.9. The fraction of sp³-hybridized carbons (Fsp3) is 0.500. The molecule has 0 spiro atoms. The van der Waals surface area contributed by atoms with Gasteiger partial charge in [-0.2, -0.15) is 0 Å². The number of pyridine rings is 1. The molecule has 1 aromatic heterocycles. The fourth-order valence-electron chi connectivity index (χ4n) is 3.16. The molecule has 1 aliphatic carbocycles. The summed E-state index contributed by atoms with van der Waals surface area (Å²) in [5.74, 6) is 0.887. The van der Waals surface area contributed by atoms with Crippen molar-refractivity contribution in [3.05, 3.63) is 36.5 Å². The molecule has 1 aliphatic rings. The Hall–Kier alpha value is -1.09. The van der Waals surface area contributed by atoms with Crippen LogP contribution < -0.4 is 4.74 Å². The molecule has 3 rings (SSSR count). The van der Waals surface area contributed by atoms with Crippen molar-refractivity contribution in [2.24, 2.45) is 5.41 Å². The van der Waals surface area contributed by atoms with Gasteiger partial charge in [0, 0.05) is 16.1 Å². The van der Waals surface area contributed by atoms with Gasteiger partial charge >= 0.3 is 0 Å². The topological polar surface area (TPSA) is 22.1 Å². The van der Waals surface area contributed by atoms with Gasteiger partial charge in [-0.1, -0.05) is 59.8 Å². The molecule has 3 heteroatoms. The van der Waals surface area contributed by atoms with E-state index in [2.05, 4.69) is 33.0 Å². The summed E-state index contributed by atoms with van der Waals surface area (Å²) in [4.78, 5) is 4.48. The monoisotopic (exact) mass is 347 g/mol. The number of aromatic nitrogens is 1. The molecule has 1 aromatic carbocycles. The maximum absolute atomic E-state index is 6.11. The zero-order valence-electron chi connectivity index (χ0n) is 12.4. The number of hydrogen-bond donors (Lipinski definition) is 0. The summed E-state index contributed by atoms with van der Waals surface area (Å²) >= 11 is 3.72. The minimum Gasteiger partial charge on any atom is -0.491 e. The summed E-state index contributed by atoms with van der Waals surface area (Å²) in [5, 5.41) is 2.17. The Kier molecular flexibility index (Phi) is 4.79. The van der Waals surface area contributed by atoms with Gasteiger partial charge in [0.25, 0.3) is 0 Å². The molecule has 0 amide bonds. The SMILES string of the molecule is BrCC1(COc2cnc3ccccc3c2)CCCCCC1. The van der Waals surface area contributed by atoms with Crippen molar-refractivity contribution < 1.29 is 4.74 Å². The molecule has 0 saturated heterocycles. The van der Waals surface area contributed by atoms with Gasteiger partial charge < -0.3 is 4.74 Å². The number of rotatable bonds is 4. The highest BCUT2D eigenvalue weighted by Gasteiger charge is 2.30. The Bertz CT molecular complexity index is 591. The van der Waals surface area contributed by atoms with E-state index in [1.54, 1.807) is 0 Å². The standard InChI is InChI=1S/C18H22BrNO/c19-13-18(9-5-1-2-6-10-18)14-21-16-11-15-7-3-4-8-17(15)20-12-16/h3-4,7-8,11-12H,1-2,5-6,9-10,13-14H2. The Labute approximate surface area is 135 Å². The first-order valence-corrected chi connectivity index (χ1v) is 8.97. The second-order valence-corrected chi connectivity index (χ2v) is 6.76. The molecule has 21 heavy (non-hydrogen) atoms. The summed E-state index contributed by atoms with van der Waals surface area (Å²) in [6.07, 6.45) is 9.76. The second kappa shape index (κ2) is 6.78. The number of nitrogens with zero attached hydrogens (tertiary/aromatic N) is 1. The predicted octanol–water partition coefficient (Wildman–Crippen LogP) is 5.35. The lowest BCUT2D eigenvalue weighted by Gasteiger charge is -2.30. The molecule has 1 heterocycles. The summed E-state index contributed by atoms with van der Waals surface area (Å²) in [5.41, 5.74) is 1.32. The molecule has 0 bridgehead atoms. The van der Waals surface area contributed by atoms with E-state index >= 15 is 0 Å². The molecule has 0 radical (unpaired) electrons. The van der Waals surface area contributed by atoms with Gasteiger partial charge in [-0.05, 0) is 25.0 Å². The van der Waals surface area contributed by atoms with Gasteiger partial charge in [0.05, 0.1) is 18.3 Å². The van der Waals surface area contributed by atoms with E-state index in [0.717, 1.165) is 28.6 Å². The van der Waals surface area contributed by atoms with E-state index in [1.165, 1.54) is 38.5 Å². The van der Waals surface area contributed by atoms with Crippen LogP contribution in [0.3, 0.4) is 0 Å². The lowest BCUT2D eigenvalue weighted by atomic mass is 9.83. The first kappa shape index (κ1) is 14.8. The Balaban J connectivity index is 1.72. The van der Waals surface area contributed by atoms with Crippen LogP contribution >= 0.6 is 15.9 Å². The lowest BCUT2D eigenvalue weighted by molar-refractivity contribution is 0.149. The van der Waals surface area contributed by atoms with E-state index in [0.29, 0.717) is 5.41 Å². The fourth-order valence-corrected chi connectivity index (χ4v) is 3.88. The molecule has 2 aromatic rings. The smallest absolute Gasteiger partial charge is 0.138 e. The number of ether oxygens (including phenoxy) is 1. The summed E-state index contributed by atoms with van der Waals surface area (Å²) in [7, 11) is 0. The van der Waals surface area contributed by atoms with Crippen molar-refractivity contribution in [3.63, 3.8) is 0 Å². The van der Waals surface area contributed by atoms with Crippen LogP contribution in [0, 0.1) is 5.41 Å². The first-order chi connectivity index (χ1) is 10.3. The van der Waals surface area contributed by atoms with Crippen molar-refractivity contribution >= 4 is 26.8 Å². The Morgan fingerprint density at radius 3 is 2.62 bits per heavy atom.